The van der Waals surface area contributed by atoms with Crippen LogP contribution in [0.5, 0.6) is 0 Å². The molecule has 0 radical (unpaired) electrons. The summed E-state index contributed by atoms with van der Waals surface area (Å²) in [5, 5.41) is 49.0. The highest BCUT2D eigenvalue weighted by atomic mass is 16.6. The van der Waals surface area contributed by atoms with Gasteiger partial charge in [0.25, 0.3) is 0 Å². The first-order valence-electron chi connectivity index (χ1n) is 14.1. The molecule has 11 atom stereocenters. The number of Topliss-reactive ketones (excluding diaryl/α,β-unsaturated/α-hetero) is 1. The topological polar surface area (TPSA) is 155 Å². The summed E-state index contributed by atoms with van der Waals surface area (Å²) in [6.07, 6.45) is -3.64. The van der Waals surface area contributed by atoms with Gasteiger partial charge in [0, 0.05) is 29.2 Å². The van der Waals surface area contributed by atoms with Gasteiger partial charge in [0.05, 0.1) is 18.3 Å². The van der Waals surface area contributed by atoms with Crippen LogP contribution in [-0.2, 0) is 23.7 Å². The van der Waals surface area contributed by atoms with Gasteiger partial charge in [0.1, 0.15) is 17.8 Å². The maximum atomic E-state index is 14.3. The molecule has 10 nitrogen and oxygen atoms in total. The first-order valence-corrected chi connectivity index (χ1v) is 14.1. The monoisotopic (exact) mass is 551 g/mol. The van der Waals surface area contributed by atoms with Crippen LogP contribution < -0.4 is 5.32 Å². The maximum absolute atomic E-state index is 14.3. The zero-order chi connectivity index (χ0) is 29.5. The predicted octanol–water partition coefficient (Wildman–Crippen LogP) is 0.851. The molecule has 1 heterocycles. The van der Waals surface area contributed by atoms with Gasteiger partial charge in [-0.05, 0) is 57.1 Å². The fourth-order valence-electron chi connectivity index (χ4n) is 8.36. The molecule has 4 rings (SSSR count). The molecular weight excluding hydrogens is 505 g/mol. The molecule has 0 aromatic rings. The number of fused-ring (bicyclic) bond motifs is 5. The van der Waals surface area contributed by atoms with Crippen molar-refractivity contribution in [1.29, 1.82) is 0 Å². The number of esters is 1. The number of likely N-dealkylation sites (N-methyl/N-ethyl adjacent to an activating group) is 1. The molecule has 11 heteroatoms. The van der Waals surface area contributed by atoms with Crippen LogP contribution in [0.4, 0.5) is 0 Å². The van der Waals surface area contributed by atoms with E-state index in [1.165, 1.54) is 6.82 Å². The number of aliphatic hydroxyl groups excluding tert-OH is 1. The number of ketones is 1. The van der Waals surface area contributed by atoms with E-state index in [1.807, 2.05) is 13.8 Å². The van der Waals surface area contributed by atoms with Crippen molar-refractivity contribution in [3.8, 4) is 0 Å². The van der Waals surface area contributed by atoms with Gasteiger partial charge < -0.3 is 39.8 Å². The van der Waals surface area contributed by atoms with Gasteiger partial charge in [-0.1, -0.05) is 34.6 Å². The van der Waals surface area contributed by atoms with Crippen molar-refractivity contribution in [2.45, 2.75) is 110 Å². The molecule has 2 bridgehead atoms. The van der Waals surface area contributed by atoms with E-state index in [2.05, 4.69) is 5.32 Å². The minimum atomic E-state index is -1.57. The van der Waals surface area contributed by atoms with Crippen molar-refractivity contribution in [1.82, 2.24) is 5.32 Å². The summed E-state index contributed by atoms with van der Waals surface area (Å²) in [5.74, 6) is -2.68. The summed E-state index contributed by atoms with van der Waals surface area (Å²) in [4.78, 5) is 27.6. The van der Waals surface area contributed by atoms with Crippen molar-refractivity contribution < 1.29 is 44.1 Å². The Bertz CT molecular complexity index is 1050. The minimum Gasteiger partial charge on any atom is -0.456 e. The number of carbonyl (C=O) groups excluding carboxylic acids is 2. The van der Waals surface area contributed by atoms with Gasteiger partial charge in [0.15, 0.2) is 11.9 Å². The standard InChI is InChI=1S/C28H46BNO9/c1-13-10-18-27(34,12-37-18)22-15(3)28(35)11-17(38-24(33)21(16(4)30-9)39-29(8)36)14(2)19(25(28,5)6)20(31)23(32)26(13,22)7/h13,15-18,20-22,30-31,34-36H,10-12H2,1-9H3/t13-,15-,16-,17-,18+,20+,21+,22-,26+,27-,28+/m0/s1. The SMILES string of the molecule is CN[C@@H](C)[C@@H](OB(C)O)C(=O)O[C@H]1C[C@@]2(O)[C@@H](C)[C@@H]3[C@]4(O)CO[C@@H]4C[C@H](C)[C@@]3(C)C(=O)[C@H](O)C(=C1C)C2(C)C. The molecule has 4 aliphatic rings. The lowest BCUT2D eigenvalue weighted by molar-refractivity contribution is -0.329. The zero-order valence-corrected chi connectivity index (χ0v) is 24.6. The van der Waals surface area contributed by atoms with Crippen molar-refractivity contribution in [3.05, 3.63) is 11.1 Å². The average Bonchev–Trinajstić information content (AvgIpc) is 2.85. The Morgan fingerprint density at radius 1 is 1.23 bits per heavy atom. The van der Waals surface area contributed by atoms with Crippen molar-refractivity contribution in [2.24, 2.45) is 28.6 Å². The third-order valence-corrected chi connectivity index (χ3v) is 11.1. The number of ether oxygens (including phenoxy) is 2. The van der Waals surface area contributed by atoms with E-state index in [-0.39, 0.29) is 18.9 Å². The second-order valence-electron chi connectivity index (χ2n) is 13.3. The second kappa shape index (κ2) is 9.89. The summed E-state index contributed by atoms with van der Waals surface area (Å²) in [5.41, 5.74) is -4.26. The maximum Gasteiger partial charge on any atom is 0.451 e. The van der Waals surface area contributed by atoms with Crippen LogP contribution in [0.25, 0.3) is 0 Å². The number of hydrogen-bond acceptors (Lipinski definition) is 10. The molecule has 0 amide bonds. The van der Waals surface area contributed by atoms with Gasteiger partial charge in [-0.15, -0.1) is 0 Å². The summed E-state index contributed by atoms with van der Waals surface area (Å²) in [7, 11) is 0.434. The fraction of sp³-hybridized carbons (Fsp3) is 0.857. The van der Waals surface area contributed by atoms with Crippen molar-refractivity contribution >= 4 is 18.9 Å². The Morgan fingerprint density at radius 3 is 2.36 bits per heavy atom. The van der Waals surface area contributed by atoms with E-state index in [0.29, 0.717) is 17.6 Å². The molecule has 39 heavy (non-hydrogen) atoms. The highest BCUT2D eigenvalue weighted by molar-refractivity contribution is 6.41. The van der Waals surface area contributed by atoms with Crippen LogP contribution >= 0.6 is 0 Å². The first kappa shape index (κ1) is 30.6. The number of aliphatic hydroxyl groups is 3. The summed E-state index contributed by atoms with van der Waals surface area (Å²) in [6.45, 7) is 14.1. The van der Waals surface area contributed by atoms with E-state index < -0.39 is 83.2 Å². The molecule has 3 fully saturated rings. The number of nitrogens with one attached hydrogen (secondary N) is 1. The normalized spacial score (nSPS) is 44.7. The van der Waals surface area contributed by atoms with Gasteiger partial charge in [-0.3, -0.25) is 4.79 Å². The Kier molecular flexibility index (Phi) is 7.77. The van der Waals surface area contributed by atoms with Crippen LogP contribution in [0.1, 0.15) is 61.3 Å². The molecule has 0 aromatic carbocycles. The van der Waals surface area contributed by atoms with Crippen LogP contribution in [0.2, 0.25) is 6.82 Å². The van der Waals surface area contributed by atoms with Crippen LogP contribution in [-0.4, -0.2) is 94.5 Å². The quantitative estimate of drug-likeness (QED) is 0.182. The highest BCUT2D eigenvalue weighted by Crippen LogP contribution is 2.65. The predicted molar refractivity (Wildman–Crippen MR) is 143 cm³/mol. The van der Waals surface area contributed by atoms with E-state index >= 15 is 0 Å². The third-order valence-electron chi connectivity index (χ3n) is 11.1. The highest BCUT2D eigenvalue weighted by Gasteiger charge is 2.73. The first-order chi connectivity index (χ1) is 17.9. The Morgan fingerprint density at radius 2 is 1.85 bits per heavy atom. The summed E-state index contributed by atoms with van der Waals surface area (Å²) >= 11 is 0. The molecule has 2 saturated carbocycles. The number of hydrogen-bond donors (Lipinski definition) is 5. The van der Waals surface area contributed by atoms with Crippen LogP contribution in [0.3, 0.4) is 0 Å². The summed E-state index contributed by atoms with van der Waals surface area (Å²) < 4.78 is 17.1. The van der Waals surface area contributed by atoms with Crippen molar-refractivity contribution in [3.63, 3.8) is 0 Å². The van der Waals surface area contributed by atoms with E-state index in [1.54, 1.807) is 41.7 Å². The Hall–Kier alpha value is -1.34. The van der Waals surface area contributed by atoms with Crippen LogP contribution in [0, 0.1) is 28.6 Å². The average molecular weight is 551 g/mol. The van der Waals surface area contributed by atoms with Gasteiger partial charge in [-0.25, -0.2) is 4.79 Å². The largest absolute Gasteiger partial charge is 0.456 e. The number of rotatable bonds is 6. The zero-order valence-electron chi connectivity index (χ0n) is 24.6. The Labute approximate surface area is 231 Å². The lowest BCUT2D eigenvalue weighted by Gasteiger charge is -2.68. The molecule has 0 unspecified atom stereocenters. The third kappa shape index (κ3) is 4.18. The molecule has 0 spiro atoms. The van der Waals surface area contributed by atoms with E-state index in [4.69, 9.17) is 14.1 Å². The Balaban J connectivity index is 1.84. The fourth-order valence-corrected chi connectivity index (χ4v) is 8.36. The lowest BCUT2D eigenvalue weighted by atomic mass is 9.41. The minimum absolute atomic E-state index is 0.00104. The smallest absolute Gasteiger partial charge is 0.451 e. The molecule has 1 saturated heterocycles. The molecule has 1 aliphatic heterocycles. The van der Waals surface area contributed by atoms with E-state index in [0.717, 1.165) is 0 Å². The number of carbonyl (C=O) groups is 2. The second-order valence-corrected chi connectivity index (χ2v) is 13.3. The van der Waals surface area contributed by atoms with Gasteiger partial charge >= 0.3 is 13.1 Å². The molecular formula is C28H46BNO9. The molecule has 220 valence electrons. The lowest BCUT2D eigenvalue weighted by Crippen LogP contribution is -2.77. The van der Waals surface area contributed by atoms with Crippen LogP contribution in [0.15, 0.2) is 11.1 Å². The molecule has 0 aromatic heterocycles. The van der Waals surface area contributed by atoms with Crippen molar-refractivity contribution in [2.75, 3.05) is 13.7 Å². The molecule has 3 aliphatic carbocycles. The van der Waals surface area contributed by atoms with E-state index in [9.17, 15) is 29.9 Å². The summed E-state index contributed by atoms with van der Waals surface area (Å²) in [6, 6.07) is -0.492. The van der Waals surface area contributed by atoms with Gasteiger partial charge in [-0.2, -0.15) is 0 Å². The molecule has 5 N–H and O–H groups in total. The van der Waals surface area contributed by atoms with Gasteiger partial charge in [0.2, 0.25) is 0 Å².